The highest BCUT2D eigenvalue weighted by Gasteiger charge is 2.34. The molecular formula is C14H15F4N5. The van der Waals surface area contributed by atoms with Gasteiger partial charge in [0.15, 0.2) is 0 Å². The van der Waals surface area contributed by atoms with E-state index in [2.05, 4.69) is 20.8 Å². The summed E-state index contributed by atoms with van der Waals surface area (Å²) in [6.07, 6.45) is -2.75. The van der Waals surface area contributed by atoms with Crippen LogP contribution in [0.15, 0.2) is 18.2 Å². The SMILES string of the molecule is Fc1ccc(NCNCc2nnc3n2CCC3)cc1C(F)(F)F. The maximum Gasteiger partial charge on any atom is 0.419 e. The Hall–Kier alpha value is -2.16. The third-order valence-corrected chi connectivity index (χ3v) is 3.66. The number of anilines is 1. The number of benzene rings is 1. The number of halogens is 4. The molecule has 0 amide bonds. The lowest BCUT2D eigenvalue weighted by Crippen LogP contribution is -2.23. The molecule has 0 unspecified atom stereocenters. The molecule has 2 heterocycles. The maximum atomic E-state index is 13.2. The summed E-state index contributed by atoms with van der Waals surface area (Å²) < 4.78 is 53.1. The molecule has 0 fully saturated rings. The van der Waals surface area contributed by atoms with E-state index in [1.54, 1.807) is 0 Å². The summed E-state index contributed by atoms with van der Waals surface area (Å²) in [6, 6.07) is 2.82. The minimum Gasteiger partial charge on any atom is -0.372 e. The quantitative estimate of drug-likeness (QED) is 0.503. The van der Waals surface area contributed by atoms with E-state index in [9.17, 15) is 17.6 Å². The zero-order valence-electron chi connectivity index (χ0n) is 12.1. The molecule has 9 heteroatoms. The van der Waals surface area contributed by atoms with Crippen LogP contribution in [0, 0.1) is 5.82 Å². The molecule has 2 N–H and O–H groups in total. The molecule has 23 heavy (non-hydrogen) atoms. The fourth-order valence-electron chi connectivity index (χ4n) is 2.53. The van der Waals surface area contributed by atoms with Crippen molar-refractivity contribution in [1.29, 1.82) is 0 Å². The van der Waals surface area contributed by atoms with E-state index in [0.717, 1.165) is 43.2 Å². The fourth-order valence-corrected chi connectivity index (χ4v) is 2.53. The van der Waals surface area contributed by atoms with Gasteiger partial charge in [-0.25, -0.2) is 4.39 Å². The second-order valence-corrected chi connectivity index (χ2v) is 5.26. The minimum atomic E-state index is -4.71. The Morgan fingerprint density at radius 3 is 2.83 bits per heavy atom. The molecule has 1 aromatic carbocycles. The molecule has 3 rings (SSSR count). The molecule has 1 aromatic heterocycles. The van der Waals surface area contributed by atoms with Crippen LogP contribution in [0.3, 0.4) is 0 Å². The number of nitrogens with zero attached hydrogens (tertiary/aromatic N) is 3. The summed E-state index contributed by atoms with van der Waals surface area (Å²) in [5.41, 5.74) is -1.09. The Kier molecular flexibility index (Phi) is 4.20. The molecule has 0 spiro atoms. The van der Waals surface area contributed by atoms with E-state index in [-0.39, 0.29) is 12.4 Å². The summed E-state index contributed by atoms with van der Waals surface area (Å²) in [7, 11) is 0. The molecule has 0 bridgehead atoms. The van der Waals surface area contributed by atoms with Gasteiger partial charge >= 0.3 is 6.18 Å². The predicted octanol–water partition coefficient (Wildman–Crippen LogP) is 2.54. The van der Waals surface area contributed by atoms with Gasteiger partial charge in [-0.3, -0.25) is 5.32 Å². The number of fused-ring (bicyclic) bond motifs is 1. The summed E-state index contributed by atoms with van der Waals surface area (Å²) in [5, 5.41) is 13.9. The third-order valence-electron chi connectivity index (χ3n) is 3.66. The number of hydrogen-bond acceptors (Lipinski definition) is 4. The van der Waals surface area contributed by atoms with Gasteiger partial charge in [0, 0.05) is 18.7 Å². The lowest BCUT2D eigenvalue weighted by atomic mass is 10.2. The standard InChI is InChI=1S/C14H15F4N5/c15-11-4-3-9(6-10(11)14(16,17)18)20-8-19-7-13-22-21-12-2-1-5-23(12)13/h3-4,6,19-20H,1-2,5,7-8H2. The number of rotatable bonds is 5. The van der Waals surface area contributed by atoms with Crippen LogP contribution in [0.4, 0.5) is 23.2 Å². The van der Waals surface area contributed by atoms with Crippen molar-refractivity contribution in [2.24, 2.45) is 0 Å². The number of hydrogen-bond donors (Lipinski definition) is 2. The van der Waals surface area contributed by atoms with E-state index in [4.69, 9.17) is 0 Å². The largest absolute Gasteiger partial charge is 0.419 e. The van der Waals surface area contributed by atoms with Crippen molar-refractivity contribution < 1.29 is 17.6 Å². The highest BCUT2D eigenvalue weighted by molar-refractivity contribution is 5.46. The first kappa shape index (κ1) is 15.7. The van der Waals surface area contributed by atoms with Crippen molar-refractivity contribution >= 4 is 5.69 Å². The van der Waals surface area contributed by atoms with Crippen molar-refractivity contribution in [3.8, 4) is 0 Å². The molecule has 0 saturated heterocycles. The van der Waals surface area contributed by atoms with Crippen LogP contribution in [0.2, 0.25) is 0 Å². The number of alkyl halides is 3. The van der Waals surface area contributed by atoms with E-state index in [0.29, 0.717) is 6.54 Å². The van der Waals surface area contributed by atoms with E-state index >= 15 is 0 Å². The molecule has 0 aliphatic carbocycles. The fraction of sp³-hybridized carbons (Fsp3) is 0.429. The lowest BCUT2D eigenvalue weighted by Gasteiger charge is -2.12. The van der Waals surface area contributed by atoms with Gasteiger partial charge in [0.25, 0.3) is 0 Å². The average Bonchev–Trinajstić information content (AvgIpc) is 3.08. The van der Waals surface area contributed by atoms with Gasteiger partial charge in [0.1, 0.15) is 17.5 Å². The van der Waals surface area contributed by atoms with Crippen molar-refractivity contribution in [3.05, 3.63) is 41.2 Å². The first-order valence-corrected chi connectivity index (χ1v) is 7.17. The molecule has 0 radical (unpaired) electrons. The summed E-state index contributed by atoms with van der Waals surface area (Å²) in [5.74, 6) is 0.479. The van der Waals surface area contributed by atoms with Gasteiger partial charge in [-0.05, 0) is 24.6 Å². The number of aromatic nitrogens is 3. The van der Waals surface area contributed by atoms with Crippen LogP contribution >= 0.6 is 0 Å². The van der Waals surface area contributed by atoms with Crippen LogP contribution in [0.25, 0.3) is 0 Å². The topological polar surface area (TPSA) is 54.8 Å². The van der Waals surface area contributed by atoms with Crippen LogP contribution in [0.5, 0.6) is 0 Å². The van der Waals surface area contributed by atoms with Crippen molar-refractivity contribution in [1.82, 2.24) is 20.1 Å². The lowest BCUT2D eigenvalue weighted by molar-refractivity contribution is -0.139. The Labute approximate surface area is 129 Å². The average molecular weight is 329 g/mol. The Morgan fingerprint density at radius 2 is 2.04 bits per heavy atom. The van der Waals surface area contributed by atoms with Crippen LogP contribution in [0.1, 0.15) is 23.6 Å². The summed E-state index contributed by atoms with van der Waals surface area (Å²) in [6.45, 7) is 1.57. The molecular weight excluding hydrogens is 314 g/mol. The van der Waals surface area contributed by atoms with Gasteiger partial charge in [-0.1, -0.05) is 0 Å². The molecule has 2 aromatic rings. The summed E-state index contributed by atoms with van der Waals surface area (Å²) in [4.78, 5) is 0. The second-order valence-electron chi connectivity index (χ2n) is 5.26. The number of nitrogens with one attached hydrogen (secondary N) is 2. The molecule has 1 aliphatic rings. The van der Waals surface area contributed by atoms with Crippen molar-refractivity contribution in [2.45, 2.75) is 32.1 Å². The van der Waals surface area contributed by atoms with Crippen LogP contribution in [-0.4, -0.2) is 21.4 Å². The van der Waals surface area contributed by atoms with E-state index < -0.39 is 17.6 Å². The molecule has 1 aliphatic heterocycles. The Balaban J connectivity index is 1.55. The van der Waals surface area contributed by atoms with Crippen LogP contribution in [-0.2, 0) is 25.7 Å². The minimum absolute atomic E-state index is 0.192. The Bertz CT molecular complexity index is 695. The molecule has 124 valence electrons. The first-order chi connectivity index (χ1) is 10.9. The second kappa shape index (κ2) is 6.15. The zero-order chi connectivity index (χ0) is 16.4. The number of aryl methyl sites for hydroxylation is 1. The van der Waals surface area contributed by atoms with Gasteiger partial charge in [-0.2, -0.15) is 13.2 Å². The first-order valence-electron chi connectivity index (χ1n) is 7.17. The molecule has 5 nitrogen and oxygen atoms in total. The predicted molar refractivity (Wildman–Crippen MR) is 75.1 cm³/mol. The van der Waals surface area contributed by atoms with Gasteiger partial charge in [0.2, 0.25) is 0 Å². The smallest absolute Gasteiger partial charge is 0.372 e. The van der Waals surface area contributed by atoms with Gasteiger partial charge in [0.05, 0.1) is 18.8 Å². The van der Waals surface area contributed by atoms with Crippen LogP contribution < -0.4 is 10.6 Å². The summed E-state index contributed by atoms with van der Waals surface area (Å²) >= 11 is 0. The Morgan fingerprint density at radius 1 is 1.22 bits per heavy atom. The normalized spacial score (nSPS) is 14.1. The van der Waals surface area contributed by atoms with Crippen molar-refractivity contribution in [3.63, 3.8) is 0 Å². The highest BCUT2D eigenvalue weighted by atomic mass is 19.4. The van der Waals surface area contributed by atoms with Gasteiger partial charge in [-0.15, -0.1) is 10.2 Å². The molecule has 0 saturated carbocycles. The maximum absolute atomic E-state index is 13.2. The molecule has 0 atom stereocenters. The highest BCUT2D eigenvalue weighted by Crippen LogP contribution is 2.32. The van der Waals surface area contributed by atoms with E-state index in [1.165, 1.54) is 6.07 Å². The third kappa shape index (κ3) is 3.44. The monoisotopic (exact) mass is 329 g/mol. The zero-order valence-corrected chi connectivity index (χ0v) is 12.1. The van der Waals surface area contributed by atoms with Crippen molar-refractivity contribution in [2.75, 3.05) is 12.0 Å². The van der Waals surface area contributed by atoms with E-state index in [1.807, 2.05) is 4.57 Å². The van der Waals surface area contributed by atoms with Gasteiger partial charge < -0.3 is 9.88 Å².